The van der Waals surface area contributed by atoms with Gasteiger partial charge in [-0.05, 0) is 45.8 Å². The number of para-hydroxylation sites is 2. The normalized spacial score (nSPS) is 18.2. The Morgan fingerprint density at radius 1 is 0.491 bits per heavy atom. The summed E-state index contributed by atoms with van der Waals surface area (Å²) in [6.07, 6.45) is 0.397. The van der Waals surface area contributed by atoms with Crippen molar-refractivity contribution in [1.29, 1.82) is 0 Å². The molecule has 0 spiro atoms. The lowest BCUT2D eigenvalue weighted by Crippen LogP contribution is -2.43. The van der Waals surface area contributed by atoms with E-state index in [1.807, 2.05) is 72.8 Å². The SMILES string of the molecule is CCC(=O)OC1(CC2(OC(=O)CC)c3cc4ccccc4nc3-c3c2ccc2ccccc32)c2cc3ccccc3nc2-c2c1ccc1ccccc21. The van der Waals surface area contributed by atoms with Gasteiger partial charge in [0.2, 0.25) is 0 Å². The van der Waals surface area contributed by atoms with Crippen molar-refractivity contribution in [2.24, 2.45) is 0 Å². The highest BCUT2D eigenvalue weighted by atomic mass is 16.6. The van der Waals surface area contributed by atoms with Crippen LogP contribution >= 0.6 is 0 Å². The zero-order chi connectivity index (χ0) is 35.9. The molecule has 10 rings (SSSR count). The summed E-state index contributed by atoms with van der Waals surface area (Å²) in [6.45, 7) is 3.61. The maximum atomic E-state index is 14.0. The number of nitrogens with zero attached hydrogens (tertiary/aromatic N) is 2. The Bertz CT molecular complexity index is 2670. The second-order valence-electron chi connectivity index (χ2n) is 14.1. The van der Waals surface area contributed by atoms with E-state index in [0.29, 0.717) is 0 Å². The van der Waals surface area contributed by atoms with Crippen molar-refractivity contribution in [3.63, 3.8) is 0 Å². The van der Waals surface area contributed by atoms with Gasteiger partial charge in [-0.1, -0.05) is 123 Å². The van der Waals surface area contributed by atoms with Gasteiger partial charge >= 0.3 is 11.9 Å². The lowest BCUT2D eigenvalue weighted by Gasteiger charge is -2.41. The molecule has 2 atom stereocenters. The van der Waals surface area contributed by atoms with E-state index in [0.717, 1.165) is 88.1 Å². The van der Waals surface area contributed by atoms with E-state index in [2.05, 4.69) is 60.7 Å². The van der Waals surface area contributed by atoms with Gasteiger partial charge in [0, 0.05) is 63.4 Å². The molecule has 0 saturated heterocycles. The molecule has 0 saturated carbocycles. The Balaban J connectivity index is 1.36. The van der Waals surface area contributed by atoms with Gasteiger partial charge in [-0.15, -0.1) is 0 Å². The first-order valence-electron chi connectivity index (χ1n) is 18.2. The highest BCUT2D eigenvalue weighted by Gasteiger charge is 2.59. The molecule has 2 aliphatic rings. The molecule has 53 heavy (non-hydrogen) atoms. The third-order valence-electron chi connectivity index (χ3n) is 11.2. The van der Waals surface area contributed by atoms with E-state index < -0.39 is 11.2 Å². The molecule has 2 aliphatic carbocycles. The van der Waals surface area contributed by atoms with Crippen LogP contribution in [0.2, 0.25) is 0 Å². The second-order valence-corrected chi connectivity index (χ2v) is 14.1. The molecule has 0 radical (unpaired) electrons. The molecule has 0 fully saturated rings. The molecule has 2 heterocycles. The Morgan fingerprint density at radius 3 is 1.32 bits per heavy atom. The Hall–Kier alpha value is -6.40. The van der Waals surface area contributed by atoms with Crippen LogP contribution in [0.1, 0.15) is 55.4 Å². The number of hydrogen-bond acceptors (Lipinski definition) is 6. The summed E-state index contributed by atoms with van der Waals surface area (Å²) in [7, 11) is 0. The molecule has 6 heteroatoms. The van der Waals surface area contributed by atoms with Crippen molar-refractivity contribution in [3.8, 4) is 22.5 Å². The monoisotopic (exact) mass is 690 g/mol. The van der Waals surface area contributed by atoms with Gasteiger partial charge in [0.1, 0.15) is 0 Å². The summed E-state index contributed by atoms with van der Waals surface area (Å²) >= 11 is 0. The average molecular weight is 691 g/mol. The number of carbonyl (C=O) groups excluding carboxylic acids is 2. The van der Waals surface area contributed by atoms with Crippen molar-refractivity contribution in [3.05, 3.63) is 156 Å². The van der Waals surface area contributed by atoms with E-state index in [9.17, 15) is 9.59 Å². The molecule has 0 N–H and O–H groups in total. The first kappa shape index (κ1) is 31.3. The number of aromatic nitrogens is 2. The summed E-state index contributed by atoms with van der Waals surface area (Å²) in [5.41, 5.74) is 5.38. The van der Waals surface area contributed by atoms with Crippen LogP contribution in [0, 0.1) is 0 Å². The fourth-order valence-electron chi connectivity index (χ4n) is 8.80. The van der Waals surface area contributed by atoms with E-state index in [1.54, 1.807) is 13.8 Å². The van der Waals surface area contributed by atoms with Crippen LogP contribution in [0.15, 0.2) is 133 Å². The van der Waals surface area contributed by atoms with Gasteiger partial charge in [-0.25, -0.2) is 9.97 Å². The van der Waals surface area contributed by atoms with Gasteiger partial charge in [-0.2, -0.15) is 0 Å². The molecule has 256 valence electrons. The van der Waals surface area contributed by atoms with Crippen LogP contribution in [0.5, 0.6) is 0 Å². The van der Waals surface area contributed by atoms with Crippen molar-refractivity contribution in [2.45, 2.75) is 44.3 Å². The zero-order valence-electron chi connectivity index (χ0n) is 29.4. The van der Waals surface area contributed by atoms with Gasteiger partial charge in [0.25, 0.3) is 0 Å². The molecule has 0 aliphatic heterocycles. The predicted octanol–water partition coefficient (Wildman–Crippen LogP) is 10.5. The first-order valence-corrected chi connectivity index (χ1v) is 18.2. The number of fused-ring (bicyclic) bond motifs is 12. The van der Waals surface area contributed by atoms with Gasteiger partial charge in [0.15, 0.2) is 11.2 Å². The number of rotatable bonds is 6. The number of carbonyl (C=O) groups is 2. The van der Waals surface area contributed by atoms with Gasteiger partial charge < -0.3 is 9.47 Å². The Morgan fingerprint density at radius 2 is 0.887 bits per heavy atom. The van der Waals surface area contributed by atoms with Crippen LogP contribution in [-0.2, 0) is 30.3 Å². The third kappa shape index (κ3) is 4.45. The number of ether oxygens (including phenoxy) is 2. The molecular formula is C47H34N2O4. The molecule has 0 bridgehead atoms. The second kappa shape index (κ2) is 11.6. The molecule has 6 nitrogen and oxygen atoms in total. The standard InChI is InChI=1S/C47H34N2O4/c1-3-40(50)52-46(34-23-21-28-13-5-9-17-32(28)42(34)44-36(46)25-30-15-7-11-19-38(30)48-44)27-47(53-41(51)4-2)35-24-22-29-14-6-10-18-33(29)43(35)45-37(47)26-31-16-8-12-20-39(31)49-45/h5-26H,3-4,27H2,1-2H3. The number of hydrogen-bond donors (Lipinski definition) is 0. The maximum absolute atomic E-state index is 14.0. The van der Waals surface area contributed by atoms with Crippen molar-refractivity contribution in [1.82, 2.24) is 9.97 Å². The summed E-state index contributed by atoms with van der Waals surface area (Å²) < 4.78 is 13.8. The number of pyridine rings is 2. The summed E-state index contributed by atoms with van der Waals surface area (Å²) in [4.78, 5) is 38.5. The summed E-state index contributed by atoms with van der Waals surface area (Å²) in [6, 6.07) is 45.0. The van der Waals surface area contributed by atoms with Crippen molar-refractivity contribution >= 4 is 55.3 Å². The lowest BCUT2D eigenvalue weighted by molar-refractivity contribution is -0.170. The van der Waals surface area contributed by atoms with Crippen LogP contribution < -0.4 is 0 Å². The van der Waals surface area contributed by atoms with E-state index in [1.165, 1.54) is 0 Å². The fourth-order valence-corrected chi connectivity index (χ4v) is 8.80. The van der Waals surface area contributed by atoms with Crippen LogP contribution in [0.4, 0.5) is 0 Å². The first-order chi connectivity index (χ1) is 25.9. The smallest absolute Gasteiger partial charge is 0.306 e. The van der Waals surface area contributed by atoms with E-state index in [4.69, 9.17) is 19.4 Å². The maximum Gasteiger partial charge on any atom is 0.306 e. The molecule has 6 aromatic carbocycles. The van der Waals surface area contributed by atoms with Crippen LogP contribution in [0.3, 0.4) is 0 Å². The predicted molar refractivity (Wildman–Crippen MR) is 208 cm³/mol. The van der Waals surface area contributed by atoms with E-state index in [-0.39, 0.29) is 31.2 Å². The van der Waals surface area contributed by atoms with Gasteiger partial charge in [0.05, 0.1) is 22.4 Å². The van der Waals surface area contributed by atoms with Crippen molar-refractivity contribution < 1.29 is 19.1 Å². The van der Waals surface area contributed by atoms with Crippen LogP contribution in [-0.4, -0.2) is 21.9 Å². The van der Waals surface area contributed by atoms with Crippen LogP contribution in [0.25, 0.3) is 65.9 Å². The zero-order valence-corrected chi connectivity index (χ0v) is 29.4. The highest BCUT2D eigenvalue weighted by molar-refractivity contribution is 6.05. The Labute approximate surface area is 306 Å². The Kier molecular flexibility index (Phi) is 6.83. The lowest BCUT2D eigenvalue weighted by atomic mass is 9.75. The molecule has 8 aromatic rings. The molecular weight excluding hydrogens is 657 g/mol. The quantitative estimate of drug-likeness (QED) is 0.162. The van der Waals surface area contributed by atoms with Gasteiger partial charge in [-0.3, -0.25) is 9.59 Å². The minimum Gasteiger partial charge on any atom is -0.449 e. The minimum absolute atomic E-state index is 0.0776. The average Bonchev–Trinajstić information content (AvgIpc) is 3.61. The van der Waals surface area contributed by atoms with Crippen molar-refractivity contribution in [2.75, 3.05) is 0 Å². The topological polar surface area (TPSA) is 78.4 Å². The summed E-state index contributed by atoms with van der Waals surface area (Å²) in [5.74, 6) is -0.730. The summed E-state index contributed by atoms with van der Waals surface area (Å²) in [5, 5.41) is 5.96. The molecule has 2 unspecified atom stereocenters. The fraction of sp³-hybridized carbons (Fsp3) is 0.149. The number of benzene rings is 6. The minimum atomic E-state index is -1.40. The molecule has 2 aromatic heterocycles. The third-order valence-corrected chi connectivity index (χ3v) is 11.2. The largest absolute Gasteiger partial charge is 0.449 e. The highest BCUT2D eigenvalue weighted by Crippen LogP contribution is 2.62. The van der Waals surface area contributed by atoms with E-state index >= 15 is 0 Å². The molecule has 0 amide bonds. The number of esters is 2.